The van der Waals surface area contributed by atoms with Crippen LogP contribution in [0.4, 0.5) is 5.69 Å². The van der Waals surface area contributed by atoms with E-state index in [1.54, 1.807) is 43.0 Å². The van der Waals surface area contributed by atoms with Crippen molar-refractivity contribution in [3.05, 3.63) is 78.7 Å². The second-order valence-electron chi connectivity index (χ2n) is 8.49. The van der Waals surface area contributed by atoms with E-state index in [1.165, 1.54) is 0 Å². The summed E-state index contributed by atoms with van der Waals surface area (Å²) in [6.45, 7) is 7.49. The highest BCUT2D eigenvalue weighted by Gasteiger charge is 2.46. The third-order valence-electron chi connectivity index (χ3n) is 5.78. The van der Waals surface area contributed by atoms with Crippen molar-refractivity contribution >= 4 is 81.3 Å². The van der Waals surface area contributed by atoms with Crippen LogP contribution in [0, 0.1) is 0 Å². The summed E-state index contributed by atoms with van der Waals surface area (Å²) in [6.07, 6.45) is 0. The first-order valence-electron chi connectivity index (χ1n) is 11.5. The standard InChI is InChI=1S/C27H24ClNO5S3/c1-5-33-24(31)20-21(25(32)34-6-2)37-26(36-20)19-16-12-8-10-14-18(16)29(27(3,4)22(19)35)23(30)15-11-7-9-13-17(15)28/h7-14H,5-6H2,1-4H3. The largest absolute Gasteiger partial charge is 0.462 e. The van der Waals surface area contributed by atoms with Gasteiger partial charge in [-0.2, -0.15) is 0 Å². The smallest absolute Gasteiger partial charge is 0.346 e. The summed E-state index contributed by atoms with van der Waals surface area (Å²) in [5.41, 5.74) is 1.49. The molecule has 0 atom stereocenters. The Labute approximate surface area is 234 Å². The van der Waals surface area contributed by atoms with Crippen molar-refractivity contribution in [3.63, 3.8) is 0 Å². The van der Waals surface area contributed by atoms with Crippen molar-refractivity contribution in [1.29, 1.82) is 0 Å². The fraction of sp³-hybridized carbons (Fsp3) is 0.259. The summed E-state index contributed by atoms with van der Waals surface area (Å²) in [6, 6.07) is 14.3. The van der Waals surface area contributed by atoms with Gasteiger partial charge in [0.25, 0.3) is 5.91 Å². The Morgan fingerprint density at radius 2 is 1.46 bits per heavy atom. The van der Waals surface area contributed by atoms with Crippen LogP contribution < -0.4 is 4.90 Å². The molecule has 0 saturated heterocycles. The average Bonchev–Trinajstić information content (AvgIpc) is 3.30. The fourth-order valence-corrected chi connectivity index (χ4v) is 7.30. The van der Waals surface area contributed by atoms with Crippen molar-refractivity contribution in [3.8, 4) is 0 Å². The molecule has 192 valence electrons. The van der Waals surface area contributed by atoms with Gasteiger partial charge >= 0.3 is 11.9 Å². The summed E-state index contributed by atoms with van der Waals surface area (Å²) < 4.78 is 11.1. The van der Waals surface area contributed by atoms with E-state index in [4.69, 9.17) is 33.3 Å². The SMILES string of the molecule is CCOC(=O)C1=C(C(=O)OCC)SC(=C2C(=S)C(C)(C)N(C(=O)c3ccccc3Cl)c3ccccc32)S1. The summed E-state index contributed by atoms with van der Waals surface area (Å²) in [4.78, 5) is 41.8. The van der Waals surface area contributed by atoms with E-state index in [1.807, 2.05) is 38.1 Å². The van der Waals surface area contributed by atoms with E-state index in [-0.39, 0.29) is 28.9 Å². The molecule has 0 aromatic heterocycles. The molecule has 0 fully saturated rings. The maximum atomic E-state index is 13.8. The average molecular weight is 574 g/mol. The van der Waals surface area contributed by atoms with Crippen molar-refractivity contribution < 1.29 is 23.9 Å². The lowest BCUT2D eigenvalue weighted by Crippen LogP contribution is -2.56. The van der Waals surface area contributed by atoms with E-state index in [2.05, 4.69) is 0 Å². The minimum Gasteiger partial charge on any atom is -0.462 e. The maximum Gasteiger partial charge on any atom is 0.346 e. The number of amides is 1. The molecule has 0 radical (unpaired) electrons. The highest BCUT2D eigenvalue weighted by molar-refractivity contribution is 8.29. The Bertz CT molecular complexity index is 1350. The number of nitrogens with zero attached hydrogens (tertiary/aromatic N) is 1. The molecule has 2 aliphatic rings. The summed E-state index contributed by atoms with van der Waals surface area (Å²) in [5, 5.41) is 0.347. The minimum absolute atomic E-state index is 0.167. The number of ether oxygens (including phenoxy) is 2. The molecule has 0 spiro atoms. The normalized spacial score (nSPS) is 16.6. The molecule has 0 N–H and O–H groups in total. The molecule has 0 saturated carbocycles. The molecule has 0 aliphatic carbocycles. The van der Waals surface area contributed by atoms with E-state index in [0.29, 0.717) is 30.9 Å². The quantitative estimate of drug-likeness (QED) is 0.224. The fourth-order valence-electron chi connectivity index (χ4n) is 4.09. The highest BCUT2D eigenvalue weighted by Crippen LogP contribution is 2.56. The van der Waals surface area contributed by atoms with E-state index < -0.39 is 17.5 Å². The third kappa shape index (κ3) is 4.97. The molecular formula is C27H24ClNO5S3. The Morgan fingerprint density at radius 1 is 0.919 bits per heavy atom. The van der Waals surface area contributed by atoms with Crippen molar-refractivity contribution in [2.75, 3.05) is 18.1 Å². The van der Waals surface area contributed by atoms with Gasteiger partial charge in [-0.3, -0.25) is 9.69 Å². The molecule has 2 heterocycles. The van der Waals surface area contributed by atoms with Gasteiger partial charge in [-0.05, 0) is 45.9 Å². The van der Waals surface area contributed by atoms with Gasteiger partial charge in [-0.1, -0.05) is 77.7 Å². The van der Waals surface area contributed by atoms with Crippen LogP contribution in [0.25, 0.3) is 5.57 Å². The predicted molar refractivity (Wildman–Crippen MR) is 154 cm³/mol. The number of hydrogen-bond acceptors (Lipinski definition) is 8. The molecule has 0 bridgehead atoms. The Morgan fingerprint density at radius 3 is 2.03 bits per heavy atom. The number of carbonyl (C=O) groups is 3. The number of hydrogen-bond donors (Lipinski definition) is 0. The highest BCUT2D eigenvalue weighted by atomic mass is 35.5. The number of thiocarbonyl (C=S) groups is 1. The van der Waals surface area contributed by atoms with Gasteiger partial charge in [0.2, 0.25) is 0 Å². The first-order valence-corrected chi connectivity index (χ1v) is 14.0. The molecule has 1 amide bonds. The molecule has 2 aliphatic heterocycles. The van der Waals surface area contributed by atoms with Gasteiger partial charge in [0, 0.05) is 11.1 Å². The molecular weight excluding hydrogens is 550 g/mol. The third-order valence-corrected chi connectivity index (χ3v) is 9.38. The van der Waals surface area contributed by atoms with Crippen LogP contribution >= 0.6 is 47.3 Å². The lowest BCUT2D eigenvalue weighted by Gasteiger charge is -2.45. The van der Waals surface area contributed by atoms with Crippen LogP contribution in [0.1, 0.15) is 43.6 Å². The zero-order valence-electron chi connectivity index (χ0n) is 20.6. The van der Waals surface area contributed by atoms with Crippen LogP contribution in [-0.2, 0) is 19.1 Å². The number of benzene rings is 2. The van der Waals surface area contributed by atoms with Crippen LogP contribution in [-0.4, -0.2) is 41.5 Å². The van der Waals surface area contributed by atoms with E-state index in [0.717, 1.165) is 29.1 Å². The van der Waals surface area contributed by atoms with Crippen LogP contribution in [0.15, 0.2) is 62.6 Å². The number of thioether (sulfide) groups is 2. The number of anilines is 1. The van der Waals surface area contributed by atoms with Gasteiger partial charge in [-0.15, -0.1) is 0 Å². The van der Waals surface area contributed by atoms with Gasteiger partial charge in [0.05, 0.1) is 44.1 Å². The number of fused-ring (bicyclic) bond motifs is 1. The second kappa shape index (κ2) is 11.0. The maximum absolute atomic E-state index is 13.8. The molecule has 0 unspecified atom stereocenters. The van der Waals surface area contributed by atoms with Gasteiger partial charge in [-0.25, -0.2) is 9.59 Å². The Kier molecular flexibility index (Phi) is 8.18. The summed E-state index contributed by atoms with van der Waals surface area (Å²) in [7, 11) is 0. The monoisotopic (exact) mass is 573 g/mol. The lowest BCUT2D eigenvalue weighted by molar-refractivity contribution is -0.140. The van der Waals surface area contributed by atoms with Gasteiger partial charge in [0.15, 0.2) is 0 Å². The van der Waals surface area contributed by atoms with Crippen molar-refractivity contribution in [2.24, 2.45) is 0 Å². The first kappa shape index (κ1) is 27.4. The number of halogens is 1. The second-order valence-corrected chi connectivity index (χ2v) is 11.6. The molecule has 6 nitrogen and oxygen atoms in total. The Hall–Kier alpha value is -2.59. The predicted octanol–water partition coefficient (Wildman–Crippen LogP) is 6.64. The molecule has 4 rings (SSSR count). The number of esters is 2. The number of para-hydroxylation sites is 1. The summed E-state index contributed by atoms with van der Waals surface area (Å²) in [5.74, 6) is -1.47. The van der Waals surface area contributed by atoms with Crippen LogP contribution in [0.5, 0.6) is 0 Å². The van der Waals surface area contributed by atoms with Crippen molar-refractivity contribution in [1.82, 2.24) is 0 Å². The van der Waals surface area contributed by atoms with Crippen LogP contribution in [0.3, 0.4) is 0 Å². The van der Waals surface area contributed by atoms with Gasteiger partial charge in [0.1, 0.15) is 9.81 Å². The zero-order chi connectivity index (χ0) is 26.9. The zero-order valence-corrected chi connectivity index (χ0v) is 23.8. The molecule has 10 heteroatoms. The summed E-state index contributed by atoms with van der Waals surface area (Å²) >= 11 is 14.7. The molecule has 2 aromatic carbocycles. The topological polar surface area (TPSA) is 72.9 Å². The first-order chi connectivity index (χ1) is 17.6. The molecule has 37 heavy (non-hydrogen) atoms. The van der Waals surface area contributed by atoms with Crippen LogP contribution in [0.2, 0.25) is 5.02 Å². The lowest BCUT2D eigenvalue weighted by atomic mass is 9.83. The van der Waals surface area contributed by atoms with E-state index >= 15 is 0 Å². The molecule has 2 aromatic rings. The number of rotatable bonds is 5. The Balaban J connectivity index is 1.87. The number of carbonyl (C=O) groups excluding carboxylic acids is 3. The minimum atomic E-state index is -0.930. The van der Waals surface area contributed by atoms with Gasteiger partial charge < -0.3 is 9.47 Å². The van der Waals surface area contributed by atoms with Crippen molar-refractivity contribution in [2.45, 2.75) is 33.2 Å². The van der Waals surface area contributed by atoms with E-state index in [9.17, 15) is 14.4 Å².